The van der Waals surface area contributed by atoms with Crippen molar-refractivity contribution in [3.05, 3.63) is 29.6 Å². The van der Waals surface area contributed by atoms with E-state index in [9.17, 15) is 4.39 Å². The Morgan fingerprint density at radius 1 is 1.26 bits per heavy atom. The van der Waals surface area contributed by atoms with E-state index in [-0.39, 0.29) is 23.7 Å². The van der Waals surface area contributed by atoms with Crippen molar-refractivity contribution in [1.29, 1.82) is 0 Å². The molecule has 2 atom stereocenters. The van der Waals surface area contributed by atoms with Gasteiger partial charge in [-0.15, -0.1) is 0 Å². The molecule has 1 rings (SSSR count). The summed E-state index contributed by atoms with van der Waals surface area (Å²) in [7, 11) is 4.75. The highest BCUT2D eigenvalue weighted by Crippen LogP contribution is 2.22. The molecular formula is C14H22FNO3. The number of ether oxygens (including phenoxy) is 3. The zero-order chi connectivity index (χ0) is 14.3. The van der Waals surface area contributed by atoms with Crippen LogP contribution in [-0.2, 0) is 9.47 Å². The Balaban J connectivity index is 2.60. The van der Waals surface area contributed by atoms with Crippen LogP contribution in [0.15, 0.2) is 18.2 Å². The van der Waals surface area contributed by atoms with Crippen LogP contribution in [0.2, 0.25) is 0 Å². The third-order valence-electron chi connectivity index (χ3n) is 3.01. The fraction of sp³-hybridized carbons (Fsp3) is 0.571. The summed E-state index contributed by atoms with van der Waals surface area (Å²) in [5.41, 5.74) is 0.963. The topological polar surface area (TPSA) is 39.7 Å². The Morgan fingerprint density at radius 2 is 2.00 bits per heavy atom. The summed E-state index contributed by atoms with van der Waals surface area (Å²) in [6.45, 7) is 3.19. The second kappa shape index (κ2) is 8.09. The highest BCUT2D eigenvalue weighted by atomic mass is 19.1. The molecule has 0 heterocycles. The highest BCUT2D eigenvalue weighted by Gasteiger charge is 2.12. The summed E-state index contributed by atoms with van der Waals surface area (Å²) in [4.78, 5) is 0. The molecule has 0 radical (unpaired) electrons. The molecule has 0 aromatic heterocycles. The van der Waals surface area contributed by atoms with Gasteiger partial charge in [0.25, 0.3) is 0 Å². The molecule has 0 fully saturated rings. The van der Waals surface area contributed by atoms with Crippen LogP contribution in [-0.4, -0.2) is 40.6 Å². The number of hydrogen-bond donors (Lipinski definition) is 1. The van der Waals surface area contributed by atoms with Crippen LogP contribution in [0.25, 0.3) is 0 Å². The van der Waals surface area contributed by atoms with Gasteiger partial charge in [-0.05, 0) is 24.6 Å². The predicted octanol–water partition coefficient (Wildman–Crippen LogP) is 2.15. The van der Waals surface area contributed by atoms with Crippen molar-refractivity contribution in [2.24, 2.45) is 0 Å². The van der Waals surface area contributed by atoms with E-state index in [0.29, 0.717) is 13.2 Å². The van der Waals surface area contributed by atoms with Crippen LogP contribution >= 0.6 is 0 Å². The standard InChI is InChI=1S/C14H22FNO3/c1-10(16-8-12(18-3)9-17-2)11-5-6-13(15)14(7-11)19-4/h5-7,10,12,16H,8-9H2,1-4H3. The predicted molar refractivity (Wildman–Crippen MR) is 72.0 cm³/mol. The first-order valence-corrected chi connectivity index (χ1v) is 6.21. The van der Waals surface area contributed by atoms with Crippen LogP contribution < -0.4 is 10.1 Å². The molecule has 0 saturated carbocycles. The Hall–Kier alpha value is -1.17. The lowest BCUT2D eigenvalue weighted by molar-refractivity contribution is 0.0276. The highest BCUT2D eigenvalue weighted by molar-refractivity contribution is 5.31. The van der Waals surface area contributed by atoms with Crippen molar-refractivity contribution in [1.82, 2.24) is 5.32 Å². The minimum atomic E-state index is -0.354. The lowest BCUT2D eigenvalue weighted by Crippen LogP contribution is -2.33. The Bertz CT molecular complexity index is 387. The van der Waals surface area contributed by atoms with Crippen LogP contribution in [0.5, 0.6) is 5.75 Å². The second-order valence-corrected chi connectivity index (χ2v) is 4.34. The van der Waals surface area contributed by atoms with Crippen LogP contribution in [0.4, 0.5) is 4.39 Å². The molecule has 0 amide bonds. The molecule has 1 aromatic rings. The SMILES string of the molecule is COCC(CNC(C)c1ccc(F)c(OC)c1)OC. The van der Waals surface area contributed by atoms with Crippen LogP contribution in [0.1, 0.15) is 18.5 Å². The van der Waals surface area contributed by atoms with Crippen molar-refractivity contribution in [3.63, 3.8) is 0 Å². The van der Waals surface area contributed by atoms with Crippen molar-refractivity contribution in [2.45, 2.75) is 19.1 Å². The van der Waals surface area contributed by atoms with Crippen molar-refractivity contribution >= 4 is 0 Å². The van der Waals surface area contributed by atoms with E-state index in [0.717, 1.165) is 5.56 Å². The van der Waals surface area contributed by atoms with Gasteiger partial charge in [-0.1, -0.05) is 6.07 Å². The molecule has 1 N–H and O–H groups in total. The average Bonchev–Trinajstić information content (AvgIpc) is 2.43. The van der Waals surface area contributed by atoms with Gasteiger partial charge in [0, 0.05) is 26.8 Å². The maximum atomic E-state index is 13.3. The van der Waals surface area contributed by atoms with E-state index in [2.05, 4.69) is 5.32 Å². The van der Waals surface area contributed by atoms with E-state index in [1.165, 1.54) is 13.2 Å². The molecule has 19 heavy (non-hydrogen) atoms. The molecule has 0 saturated heterocycles. The summed E-state index contributed by atoms with van der Waals surface area (Å²) in [6.07, 6.45) is -0.00482. The fourth-order valence-corrected chi connectivity index (χ4v) is 1.77. The fourth-order valence-electron chi connectivity index (χ4n) is 1.77. The number of halogens is 1. The van der Waals surface area contributed by atoms with Gasteiger partial charge in [0.15, 0.2) is 11.6 Å². The molecular weight excluding hydrogens is 249 g/mol. The lowest BCUT2D eigenvalue weighted by Gasteiger charge is -2.20. The molecule has 0 spiro atoms. The zero-order valence-electron chi connectivity index (χ0n) is 11.9. The van der Waals surface area contributed by atoms with Crippen LogP contribution in [0, 0.1) is 5.82 Å². The van der Waals surface area contributed by atoms with Gasteiger partial charge in [-0.3, -0.25) is 0 Å². The van der Waals surface area contributed by atoms with Crippen molar-refractivity contribution < 1.29 is 18.6 Å². The first-order valence-electron chi connectivity index (χ1n) is 6.21. The number of methoxy groups -OCH3 is 3. The maximum absolute atomic E-state index is 13.3. The van der Waals surface area contributed by atoms with Gasteiger partial charge in [0.05, 0.1) is 19.8 Å². The number of hydrogen-bond acceptors (Lipinski definition) is 4. The van der Waals surface area contributed by atoms with Gasteiger partial charge in [-0.25, -0.2) is 4.39 Å². The summed E-state index contributed by atoms with van der Waals surface area (Å²) in [6, 6.07) is 4.93. The van der Waals surface area contributed by atoms with E-state index >= 15 is 0 Å². The largest absolute Gasteiger partial charge is 0.494 e. The normalized spacial score (nSPS) is 14.2. The number of benzene rings is 1. The minimum Gasteiger partial charge on any atom is -0.494 e. The molecule has 1 aromatic carbocycles. The molecule has 0 aliphatic heterocycles. The monoisotopic (exact) mass is 271 g/mol. The van der Waals surface area contributed by atoms with E-state index in [4.69, 9.17) is 14.2 Å². The molecule has 0 aliphatic rings. The minimum absolute atomic E-state index is 0.00482. The first-order chi connectivity index (χ1) is 9.12. The summed E-state index contributed by atoms with van der Waals surface area (Å²) >= 11 is 0. The van der Waals surface area contributed by atoms with Gasteiger partial charge < -0.3 is 19.5 Å². The zero-order valence-corrected chi connectivity index (χ0v) is 11.9. The molecule has 0 bridgehead atoms. The van der Waals surface area contributed by atoms with E-state index in [1.807, 2.05) is 6.92 Å². The van der Waals surface area contributed by atoms with Gasteiger partial charge >= 0.3 is 0 Å². The number of nitrogens with one attached hydrogen (secondary N) is 1. The quantitative estimate of drug-likeness (QED) is 0.786. The summed E-state index contributed by atoms with van der Waals surface area (Å²) < 4.78 is 28.6. The van der Waals surface area contributed by atoms with Crippen molar-refractivity contribution in [2.75, 3.05) is 34.5 Å². The van der Waals surface area contributed by atoms with E-state index < -0.39 is 0 Å². The van der Waals surface area contributed by atoms with Gasteiger partial charge in [0.1, 0.15) is 0 Å². The van der Waals surface area contributed by atoms with Gasteiger partial charge in [-0.2, -0.15) is 0 Å². The summed E-state index contributed by atoms with van der Waals surface area (Å²) in [5, 5.41) is 3.32. The molecule has 2 unspecified atom stereocenters. The third kappa shape index (κ3) is 4.78. The number of rotatable bonds is 8. The molecule has 108 valence electrons. The Morgan fingerprint density at radius 3 is 2.58 bits per heavy atom. The second-order valence-electron chi connectivity index (χ2n) is 4.34. The summed E-state index contributed by atoms with van der Waals surface area (Å²) in [5.74, 6) is -0.0982. The van der Waals surface area contributed by atoms with E-state index in [1.54, 1.807) is 26.4 Å². The van der Waals surface area contributed by atoms with Gasteiger partial charge in [0.2, 0.25) is 0 Å². The Labute approximate surface area is 113 Å². The Kier molecular flexibility index (Phi) is 6.77. The lowest BCUT2D eigenvalue weighted by atomic mass is 10.1. The first kappa shape index (κ1) is 15.9. The molecule has 4 nitrogen and oxygen atoms in total. The van der Waals surface area contributed by atoms with Crippen LogP contribution in [0.3, 0.4) is 0 Å². The molecule has 5 heteroatoms. The average molecular weight is 271 g/mol. The molecule has 0 aliphatic carbocycles. The smallest absolute Gasteiger partial charge is 0.165 e. The maximum Gasteiger partial charge on any atom is 0.165 e. The third-order valence-corrected chi connectivity index (χ3v) is 3.01. The van der Waals surface area contributed by atoms with Crippen molar-refractivity contribution in [3.8, 4) is 5.75 Å².